The average Bonchev–Trinajstić information content (AvgIpc) is 2.67. The van der Waals surface area contributed by atoms with Gasteiger partial charge >= 0.3 is 0 Å². The van der Waals surface area contributed by atoms with Crippen LogP contribution in [0.4, 0.5) is 4.39 Å². The molecule has 1 nitrogen and oxygen atoms in total. The highest BCUT2D eigenvalue weighted by Gasteiger charge is 2.10. The van der Waals surface area contributed by atoms with E-state index < -0.39 is 0 Å². The van der Waals surface area contributed by atoms with E-state index in [2.05, 4.69) is 0 Å². The van der Waals surface area contributed by atoms with Crippen LogP contribution in [0.5, 0.6) is 5.75 Å². The van der Waals surface area contributed by atoms with E-state index in [-0.39, 0.29) is 5.82 Å². The number of benzene rings is 1. The highest BCUT2D eigenvalue weighted by Crippen LogP contribution is 2.33. The van der Waals surface area contributed by atoms with Crippen LogP contribution < -0.4 is 4.74 Å². The van der Waals surface area contributed by atoms with Crippen LogP contribution in [-0.2, 0) is 0 Å². The number of fused-ring (bicyclic) bond motifs is 1. The molecule has 0 bridgehead atoms. The monoisotopic (exact) mass is 236 g/mol. The van der Waals surface area contributed by atoms with Gasteiger partial charge in [0.1, 0.15) is 0 Å². The molecule has 0 spiro atoms. The third kappa shape index (κ3) is 1.95. The van der Waals surface area contributed by atoms with Gasteiger partial charge in [0.2, 0.25) is 0 Å². The summed E-state index contributed by atoms with van der Waals surface area (Å²) in [6.45, 7) is 4.28. The molecule has 1 aromatic carbocycles. The van der Waals surface area contributed by atoms with Gasteiger partial charge in [-0.15, -0.1) is 11.3 Å². The van der Waals surface area contributed by atoms with Gasteiger partial charge in [-0.3, -0.25) is 0 Å². The first-order valence-electron chi connectivity index (χ1n) is 5.23. The molecule has 3 heteroatoms. The van der Waals surface area contributed by atoms with Crippen LogP contribution in [-0.4, -0.2) is 6.61 Å². The molecule has 2 rings (SSSR count). The molecule has 84 valence electrons. The number of rotatable bonds is 3. The Bertz CT molecular complexity index is 528. The van der Waals surface area contributed by atoms with Crippen LogP contribution in [0.2, 0.25) is 0 Å². The molecule has 2 aromatic rings. The maximum atomic E-state index is 14.0. The fraction of sp³-hybridized carbons (Fsp3) is 0.231. The second-order valence-electron chi connectivity index (χ2n) is 3.38. The molecule has 0 atom stereocenters. The lowest BCUT2D eigenvalue weighted by Crippen LogP contribution is -1.93. The van der Waals surface area contributed by atoms with Crippen molar-refractivity contribution in [2.75, 3.05) is 6.61 Å². The third-order valence-corrected chi connectivity index (χ3v) is 3.35. The van der Waals surface area contributed by atoms with E-state index in [1.165, 1.54) is 11.3 Å². The zero-order valence-corrected chi connectivity index (χ0v) is 10.1. The molecule has 16 heavy (non-hydrogen) atoms. The van der Waals surface area contributed by atoms with Crippen LogP contribution in [0.3, 0.4) is 0 Å². The van der Waals surface area contributed by atoms with Crippen molar-refractivity contribution in [2.45, 2.75) is 13.8 Å². The molecular weight excluding hydrogens is 223 g/mol. The second kappa shape index (κ2) is 4.66. The van der Waals surface area contributed by atoms with Crippen LogP contribution >= 0.6 is 11.3 Å². The molecule has 0 N–H and O–H groups in total. The predicted octanol–water partition coefficient (Wildman–Crippen LogP) is 4.47. The second-order valence-corrected chi connectivity index (χ2v) is 4.46. The Labute approximate surface area is 98.2 Å². The van der Waals surface area contributed by atoms with Crippen LogP contribution in [0.25, 0.3) is 16.2 Å². The standard InChI is InChI=1S/C13H13FOS/c1-3-5-10-8-9-6-7-11(15-4-2)12(14)13(9)16-10/h3,5-8H,4H2,1-2H3/b5-3+. The molecule has 0 amide bonds. The summed E-state index contributed by atoms with van der Waals surface area (Å²) in [6, 6.07) is 5.57. The molecule has 0 radical (unpaired) electrons. The lowest BCUT2D eigenvalue weighted by Gasteiger charge is -2.03. The maximum Gasteiger partial charge on any atom is 0.182 e. The average molecular weight is 236 g/mol. The predicted molar refractivity (Wildman–Crippen MR) is 67.7 cm³/mol. The third-order valence-electron chi connectivity index (χ3n) is 2.24. The van der Waals surface area contributed by atoms with Crippen LogP contribution in [0, 0.1) is 5.82 Å². The largest absolute Gasteiger partial charge is 0.491 e. The minimum absolute atomic E-state index is 0.250. The van der Waals surface area contributed by atoms with Gasteiger partial charge in [-0.25, -0.2) is 4.39 Å². The molecule has 0 aliphatic heterocycles. The van der Waals surface area contributed by atoms with Crippen molar-refractivity contribution in [2.24, 2.45) is 0 Å². The van der Waals surface area contributed by atoms with Gasteiger partial charge in [-0.05, 0) is 43.5 Å². The molecule has 1 heterocycles. The quantitative estimate of drug-likeness (QED) is 0.763. The minimum atomic E-state index is -0.250. The van der Waals surface area contributed by atoms with Crippen LogP contribution in [0.1, 0.15) is 18.7 Å². The van der Waals surface area contributed by atoms with E-state index in [4.69, 9.17) is 4.74 Å². The summed E-state index contributed by atoms with van der Waals surface area (Å²) < 4.78 is 19.9. The van der Waals surface area contributed by atoms with Gasteiger partial charge in [0.15, 0.2) is 11.6 Å². The van der Waals surface area contributed by atoms with E-state index in [0.717, 1.165) is 10.3 Å². The van der Waals surface area contributed by atoms with Gasteiger partial charge in [-0.1, -0.05) is 6.08 Å². The Balaban J connectivity index is 2.55. The van der Waals surface area contributed by atoms with E-state index in [0.29, 0.717) is 17.1 Å². The molecule has 0 saturated heterocycles. The zero-order chi connectivity index (χ0) is 11.5. The van der Waals surface area contributed by atoms with E-state index in [1.807, 2.05) is 38.1 Å². The van der Waals surface area contributed by atoms with Gasteiger partial charge in [0.25, 0.3) is 0 Å². The fourth-order valence-electron chi connectivity index (χ4n) is 1.58. The van der Waals surface area contributed by atoms with Crippen molar-refractivity contribution < 1.29 is 9.13 Å². The fourth-order valence-corrected chi connectivity index (χ4v) is 2.65. The Hall–Kier alpha value is -1.35. The van der Waals surface area contributed by atoms with Crippen molar-refractivity contribution in [3.8, 4) is 5.75 Å². The molecule has 0 saturated carbocycles. The van der Waals surface area contributed by atoms with Gasteiger partial charge in [0, 0.05) is 4.88 Å². The highest BCUT2D eigenvalue weighted by atomic mass is 32.1. The number of ether oxygens (including phenoxy) is 1. The lowest BCUT2D eigenvalue weighted by atomic mass is 10.2. The van der Waals surface area contributed by atoms with Crippen molar-refractivity contribution in [1.29, 1.82) is 0 Å². The summed E-state index contributed by atoms with van der Waals surface area (Å²) in [4.78, 5) is 1.06. The van der Waals surface area contributed by atoms with Crippen LogP contribution in [0.15, 0.2) is 24.3 Å². The molecule has 0 aliphatic carbocycles. The number of halogens is 1. The van der Waals surface area contributed by atoms with E-state index >= 15 is 0 Å². The normalized spacial score (nSPS) is 11.4. The summed E-state index contributed by atoms with van der Waals surface area (Å²) >= 11 is 1.45. The van der Waals surface area contributed by atoms with Crippen molar-refractivity contribution >= 4 is 27.5 Å². The van der Waals surface area contributed by atoms with Gasteiger partial charge < -0.3 is 4.74 Å². The molecule has 0 aliphatic rings. The van der Waals surface area contributed by atoms with Gasteiger partial charge in [0.05, 0.1) is 11.3 Å². The zero-order valence-electron chi connectivity index (χ0n) is 9.29. The molecule has 0 unspecified atom stereocenters. The van der Waals surface area contributed by atoms with Crippen molar-refractivity contribution in [1.82, 2.24) is 0 Å². The number of allylic oxidation sites excluding steroid dienone is 1. The van der Waals surface area contributed by atoms with Crippen molar-refractivity contribution in [3.63, 3.8) is 0 Å². The summed E-state index contributed by atoms with van der Waals surface area (Å²) in [5.41, 5.74) is 0. The topological polar surface area (TPSA) is 9.23 Å². The number of hydrogen-bond donors (Lipinski definition) is 0. The summed E-state index contributed by atoms with van der Waals surface area (Å²) in [5, 5.41) is 0.930. The van der Waals surface area contributed by atoms with E-state index in [9.17, 15) is 4.39 Å². The highest BCUT2D eigenvalue weighted by molar-refractivity contribution is 7.19. The number of thiophene rings is 1. The smallest absolute Gasteiger partial charge is 0.182 e. The lowest BCUT2D eigenvalue weighted by molar-refractivity contribution is 0.323. The Morgan fingerprint density at radius 2 is 2.25 bits per heavy atom. The molecule has 0 fully saturated rings. The molecule has 1 aromatic heterocycles. The first kappa shape index (κ1) is 11.1. The van der Waals surface area contributed by atoms with E-state index in [1.54, 1.807) is 6.07 Å². The summed E-state index contributed by atoms with van der Waals surface area (Å²) in [5.74, 6) is 0.0870. The summed E-state index contributed by atoms with van der Waals surface area (Å²) in [6.07, 6.45) is 3.93. The first-order chi connectivity index (χ1) is 7.76. The SMILES string of the molecule is C/C=C/c1cc2ccc(OCC)c(F)c2s1. The Morgan fingerprint density at radius 3 is 2.94 bits per heavy atom. The molecular formula is C13H13FOS. The van der Waals surface area contributed by atoms with Crippen molar-refractivity contribution in [3.05, 3.63) is 35.0 Å². The van der Waals surface area contributed by atoms with Gasteiger partial charge in [-0.2, -0.15) is 0 Å². The Morgan fingerprint density at radius 1 is 1.44 bits per heavy atom. The first-order valence-corrected chi connectivity index (χ1v) is 6.05. The Kier molecular flexibility index (Phi) is 3.25. The minimum Gasteiger partial charge on any atom is -0.491 e. The maximum absolute atomic E-state index is 14.0. The summed E-state index contributed by atoms with van der Waals surface area (Å²) in [7, 11) is 0. The number of hydrogen-bond acceptors (Lipinski definition) is 2.